The van der Waals surface area contributed by atoms with Crippen molar-refractivity contribution in [3.8, 4) is 5.75 Å². The highest BCUT2D eigenvalue weighted by Gasteiger charge is 2.25. The van der Waals surface area contributed by atoms with Crippen LogP contribution in [-0.4, -0.2) is 46.2 Å². The molecule has 0 spiro atoms. The summed E-state index contributed by atoms with van der Waals surface area (Å²) in [5.41, 5.74) is 4.82. The lowest BCUT2D eigenvalue weighted by molar-refractivity contribution is 0.0912. The number of phenolic OH excluding ortho intramolecular Hbond substituents is 1. The van der Waals surface area contributed by atoms with Crippen molar-refractivity contribution in [2.75, 3.05) is 19.6 Å². The highest BCUT2D eigenvalue weighted by molar-refractivity contribution is 6.33. The van der Waals surface area contributed by atoms with E-state index in [4.69, 9.17) is 11.6 Å². The zero-order valence-electron chi connectivity index (χ0n) is 20.6. The van der Waals surface area contributed by atoms with Crippen molar-refractivity contribution in [2.24, 2.45) is 0 Å². The molecule has 0 saturated carbocycles. The molecule has 5 nitrogen and oxygen atoms in total. The van der Waals surface area contributed by atoms with E-state index in [1.54, 1.807) is 12.1 Å². The lowest BCUT2D eigenvalue weighted by Crippen LogP contribution is -2.45. The number of aromatic hydroxyl groups is 1. The van der Waals surface area contributed by atoms with E-state index >= 15 is 0 Å². The van der Waals surface area contributed by atoms with Gasteiger partial charge in [-0.1, -0.05) is 72.3 Å². The van der Waals surface area contributed by atoms with Crippen LogP contribution < -0.4 is 5.32 Å². The number of piperidine rings is 1. The van der Waals surface area contributed by atoms with Gasteiger partial charge < -0.3 is 19.9 Å². The van der Waals surface area contributed by atoms with E-state index in [2.05, 4.69) is 57.2 Å². The number of phenols is 1. The van der Waals surface area contributed by atoms with Crippen molar-refractivity contribution in [3.63, 3.8) is 0 Å². The topological polar surface area (TPSA) is 57.5 Å². The van der Waals surface area contributed by atoms with E-state index in [0.29, 0.717) is 12.1 Å². The third-order valence-corrected chi connectivity index (χ3v) is 7.59. The molecule has 0 unspecified atom stereocenters. The van der Waals surface area contributed by atoms with Crippen LogP contribution in [-0.2, 0) is 13.0 Å². The Morgan fingerprint density at radius 3 is 2.31 bits per heavy atom. The number of nitrogens with one attached hydrogen (secondary N) is 1. The van der Waals surface area contributed by atoms with Crippen LogP contribution in [0, 0.1) is 6.92 Å². The molecule has 2 heterocycles. The van der Waals surface area contributed by atoms with E-state index in [1.165, 1.54) is 5.56 Å². The molecule has 186 valence electrons. The molecule has 0 atom stereocenters. The highest BCUT2D eigenvalue weighted by atomic mass is 35.5. The van der Waals surface area contributed by atoms with Gasteiger partial charge in [0.05, 0.1) is 16.1 Å². The molecule has 3 aromatic carbocycles. The number of nitrogens with zero attached hydrogens (tertiary/aromatic N) is 2. The highest BCUT2D eigenvalue weighted by Crippen LogP contribution is 2.35. The van der Waals surface area contributed by atoms with Gasteiger partial charge in [0, 0.05) is 43.3 Å². The number of hydrogen-bond acceptors (Lipinski definition) is 3. The zero-order chi connectivity index (χ0) is 25.1. The first-order valence-corrected chi connectivity index (χ1v) is 13.0. The fourth-order valence-electron chi connectivity index (χ4n) is 5.23. The van der Waals surface area contributed by atoms with Gasteiger partial charge in [0.2, 0.25) is 0 Å². The summed E-state index contributed by atoms with van der Waals surface area (Å²) >= 11 is 6.27. The van der Waals surface area contributed by atoms with Gasteiger partial charge >= 0.3 is 0 Å². The van der Waals surface area contributed by atoms with Crippen LogP contribution in [0.25, 0.3) is 10.9 Å². The molecule has 0 radical (unpaired) electrons. The van der Waals surface area contributed by atoms with E-state index in [9.17, 15) is 9.90 Å². The van der Waals surface area contributed by atoms with Crippen molar-refractivity contribution in [1.29, 1.82) is 0 Å². The first-order chi connectivity index (χ1) is 17.5. The zero-order valence-corrected chi connectivity index (χ0v) is 21.3. The van der Waals surface area contributed by atoms with Crippen molar-refractivity contribution in [3.05, 3.63) is 100 Å². The fourth-order valence-corrected chi connectivity index (χ4v) is 5.39. The molecule has 1 aliphatic heterocycles. The Labute approximate surface area is 217 Å². The molecule has 1 aliphatic rings. The Morgan fingerprint density at radius 2 is 1.64 bits per heavy atom. The smallest absolute Gasteiger partial charge is 0.253 e. The molecular formula is C30H32ClN3O2. The van der Waals surface area contributed by atoms with Crippen LogP contribution in [0.3, 0.4) is 0 Å². The summed E-state index contributed by atoms with van der Waals surface area (Å²) in [5, 5.41) is 14.6. The fraction of sp³-hybridized carbons (Fsp3) is 0.300. The lowest BCUT2D eigenvalue weighted by atomic mass is 10.0. The van der Waals surface area contributed by atoms with E-state index < -0.39 is 0 Å². The van der Waals surface area contributed by atoms with Crippen LogP contribution in [0.4, 0.5) is 0 Å². The second-order valence-corrected chi connectivity index (χ2v) is 10.1. The third kappa shape index (κ3) is 5.28. The predicted molar refractivity (Wildman–Crippen MR) is 146 cm³/mol. The number of benzene rings is 3. The van der Waals surface area contributed by atoms with Gasteiger partial charge in [-0.2, -0.15) is 0 Å². The summed E-state index contributed by atoms with van der Waals surface area (Å²) < 4.78 is 2.11. The number of carbonyl (C=O) groups excluding carboxylic acids is 1. The average molecular weight is 502 g/mol. The van der Waals surface area contributed by atoms with Gasteiger partial charge in [-0.05, 0) is 49.4 Å². The normalized spacial score (nSPS) is 14.8. The largest absolute Gasteiger partial charge is 0.506 e. The van der Waals surface area contributed by atoms with Crippen molar-refractivity contribution in [1.82, 2.24) is 14.8 Å². The first kappa shape index (κ1) is 24.4. The first-order valence-electron chi connectivity index (χ1n) is 12.6. The Balaban J connectivity index is 1.30. The second-order valence-electron chi connectivity index (χ2n) is 9.68. The summed E-state index contributed by atoms with van der Waals surface area (Å²) in [6.07, 6.45) is 2.91. The summed E-state index contributed by atoms with van der Waals surface area (Å²) in [7, 11) is 0. The number of likely N-dealkylation sites (tertiary alicyclic amines) is 1. The van der Waals surface area contributed by atoms with Crippen LogP contribution in [0.5, 0.6) is 5.75 Å². The van der Waals surface area contributed by atoms with Gasteiger partial charge in [-0.25, -0.2) is 0 Å². The maximum atomic E-state index is 13.5. The molecule has 6 heteroatoms. The molecule has 1 aromatic heterocycles. The van der Waals surface area contributed by atoms with Crippen LogP contribution >= 0.6 is 11.6 Å². The minimum Gasteiger partial charge on any atom is -0.506 e. The SMILES string of the molecule is Cc1c(C(=O)NC2CCN(CCc3ccccc3)CC2)c2cc(O)c(Cl)cc2n1Cc1ccccc1. The van der Waals surface area contributed by atoms with Gasteiger partial charge in [0.15, 0.2) is 0 Å². The van der Waals surface area contributed by atoms with E-state index in [1.807, 2.05) is 25.1 Å². The summed E-state index contributed by atoms with van der Waals surface area (Å²) in [4.78, 5) is 16.0. The predicted octanol–water partition coefficient (Wildman–Crippen LogP) is 5.79. The molecule has 1 fully saturated rings. The van der Waals surface area contributed by atoms with Crippen molar-refractivity contribution < 1.29 is 9.90 Å². The van der Waals surface area contributed by atoms with Gasteiger partial charge in [-0.15, -0.1) is 0 Å². The van der Waals surface area contributed by atoms with Crippen LogP contribution in [0.1, 0.15) is 40.0 Å². The Bertz CT molecular complexity index is 1340. The molecule has 1 saturated heterocycles. The Kier molecular flexibility index (Phi) is 7.30. The number of hydrogen-bond donors (Lipinski definition) is 2. The number of halogens is 1. The monoisotopic (exact) mass is 501 g/mol. The molecule has 5 rings (SSSR count). The quantitative estimate of drug-likeness (QED) is 0.337. The van der Waals surface area contributed by atoms with Crippen molar-refractivity contribution in [2.45, 2.75) is 38.8 Å². The second kappa shape index (κ2) is 10.8. The van der Waals surface area contributed by atoms with Crippen LogP contribution in [0.15, 0.2) is 72.8 Å². The Morgan fingerprint density at radius 1 is 1.00 bits per heavy atom. The summed E-state index contributed by atoms with van der Waals surface area (Å²) in [6, 6.07) is 24.2. The maximum absolute atomic E-state index is 13.5. The molecular weight excluding hydrogens is 470 g/mol. The van der Waals surface area contributed by atoms with Crippen LogP contribution in [0.2, 0.25) is 5.02 Å². The number of aromatic nitrogens is 1. The average Bonchev–Trinajstić information content (AvgIpc) is 3.15. The summed E-state index contributed by atoms with van der Waals surface area (Å²) in [6.45, 7) is 5.58. The number of carbonyl (C=O) groups is 1. The Hall–Kier alpha value is -3.28. The maximum Gasteiger partial charge on any atom is 0.253 e. The summed E-state index contributed by atoms with van der Waals surface area (Å²) in [5.74, 6) is -0.101. The van der Waals surface area contributed by atoms with E-state index in [0.717, 1.165) is 61.1 Å². The van der Waals surface area contributed by atoms with Gasteiger partial charge in [-0.3, -0.25) is 4.79 Å². The lowest BCUT2D eigenvalue weighted by Gasteiger charge is -2.32. The van der Waals surface area contributed by atoms with Crippen molar-refractivity contribution >= 4 is 28.4 Å². The third-order valence-electron chi connectivity index (χ3n) is 7.28. The molecule has 4 aromatic rings. The number of rotatable bonds is 7. The molecule has 0 aliphatic carbocycles. The number of amides is 1. The number of fused-ring (bicyclic) bond motifs is 1. The molecule has 36 heavy (non-hydrogen) atoms. The molecule has 0 bridgehead atoms. The molecule has 2 N–H and O–H groups in total. The van der Waals surface area contributed by atoms with Gasteiger partial charge in [0.25, 0.3) is 5.91 Å². The molecule has 1 amide bonds. The minimum absolute atomic E-state index is 0.0122. The minimum atomic E-state index is -0.0891. The van der Waals surface area contributed by atoms with E-state index in [-0.39, 0.29) is 22.7 Å². The standard InChI is InChI=1S/C30H32ClN3O2/c1-21-29(25-18-28(35)26(31)19-27(25)34(21)20-23-10-6-3-7-11-23)30(36)32-24-13-16-33(17-14-24)15-12-22-8-4-2-5-9-22/h2-11,18-19,24,35H,12-17,20H2,1H3,(H,32,36). The van der Waals surface area contributed by atoms with Gasteiger partial charge in [0.1, 0.15) is 5.75 Å².